The molecule has 0 amide bonds. The lowest BCUT2D eigenvalue weighted by Crippen LogP contribution is -2.31. The summed E-state index contributed by atoms with van der Waals surface area (Å²) in [5, 5.41) is 17.9. The first-order valence-electron chi connectivity index (χ1n) is 6.12. The molecule has 0 aromatic heterocycles. The summed E-state index contributed by atoms with van der Waals surface area (Å²) in [7, 11) is 0. The van der Waals surface area contributed by atoms with Gasteiger partial charge in [-0.2, -0.15) is 0 Å². The van der Waals surface area contributed by atoms with Crippen molar-refractivity contribution in [2.24, 2.45) is 5.73 Å². The van der Waals surface area contributed by atoms with Crippen LogP contribution < -0.4 is 5.73 Å². The molecule has 1 aromatic carbocycles. The number of carboxylic acids is 2. The van der Waals surface area contributed by atoms with Crippen molar-refractivity contribution in [3.8, 4) is 0 Å². The van der Waals surface area contributed by atoms with Crippen molar-refractivity contribution in [2.75, 3.05) is 0 Å². The summed E-state index contributed by atoms with van der Waals surface area (Å²) in [6.45, 7) is 5.02. The van der Waals surface area contributed by atoms with Crippen LogP contribution in [0.15, 0.2) is 18.2 Å². The van der Waals surface area contributed by atoms with Crippen molar-refractivity contribution in [1.82, 2.24) is 0 Å². The van der Waals surface area contributed by atoms with Gasteiger partial charge in [-0.1, -0.05) is 6.07 Å². The highest BCUT2D eigenvalue weighted by Gasteiger charge is 2.25. The zero-order valence-electron chi connectivity index (χ0n) is 11.9. The van der Waals surface area contributed by atoms with Crippen LogP contribution in [0.5, 0.6) is 0 Å². The molecule has 4 N–H and O–H groups in total. The van der Waals surface area contributed by atoms with Crippen molar-refractivity contribution in [3.63, 3.8) is 0 Å². The molecule has 0 spiro atoms. The summed E-state index contributed by atoms with van der Waals surface area (Å²) in [5.74, 6) is -3.50. The number of aromatic carboxylic acids is 2. The highest BCUT2D eigenvalue weighted by Crippen LogP contribution is 2.20. The molecule has 0 aliphatic rings. The van der Waals surface area contributed by atoms with Crippen LogP contribution in [0.2, 0.25) is 0 Å². The first kappa shape index (κ1) is 16.6. The third-order valence-corrected chi connectivity index (χ3v) is 2.52. The second kappa shape index (κ2) is 5.92. The largest absolute Gasteiger partial charge is 0.478 e. The number of hydrogen-bond acceptors (Lipinski definition) is 5. The van der Waals surface area contributed by atoms with Gasteiger partial charge in [0.2, 0.25) is 0 Å². The van der Waals surface area contributed by atoms with Crippen LogP contribution in [-0.4, -0.2) is 33.7 Å². The summed E-state index contributed by atoms with van der Waals surface area (Å²) < 4.78 is 5.10. The van der Waals surface area contributed by atoms with Crippen molar-refractivity contribution in [1.29, 1.82) is 0 Å². The maximum absolute atomic E-state index is 11.8. The van der Waals surface area contributed by atoms with Crippen LogP contribution in [0.1, 0.15) is 53.1 Å². The number of benzene rings is 1. The Hall–Kier alpha value is -2.41. The Kier molecular flexibility index (Phi) is 4.69. The maximum Gasteiger partial charge on any atom is 0.336 e. The van der Waals surface area contributed by atoms with E-state index in [1.165, 1.54) is 6.07 Å². The summed E-state index contributed by atoms with van der Waals surface area (Å²) in [6, 6.07) is 2.28. The van der Waals surface area contributed by atoms with Crippen LogP contribution in [0.3, 0.4) is 0 Å². The van der Waals surface area contributed by atoms with Crippen molar-refractivity contribution in [2.45, 2.75) is 32.4 Å². The first-order valence-corrected chi connectivity index (χ1v) is 6.12. The van der Waals surface area contributed by atoms with Gasteiger partial charge in [-0.15, -0.1) is 0 Å². The molecule has 1 rings (SSSR count). The van der Waals surface area contributed by atoms with Crippen LogP contribution in [0.4, 0.5) is 0 Å². The van der Waals surface area contributed by atoms with Gasteiger partial charge in [0.15, 0.2) is 0 Å². The average molecular weight is 295 g/mol. The molecule has 0 fully saturated rings. The van der Waals surface area contributed by atoms with E-state index in [0.29, 0.717) is 0 Å². The fraction of sp³-hybridized carbons (Fsp3) is 0.357. The Morgan fingerprint density at radius 2 is 1.62 bits per heavy atom. The van der Waals surface area contributed by atoms with E-state index in [1.54, 1.807) is 20.8 Å². The first-order chi connectivity index (χ1) is 9.53. The summed E-state index contributed by atoms with van der Waals surface area (Å²) in [4.78, 5) is 33.9. The minimum Gasteiger partial charge on any atom is -0.478 e. The number of esters is 1. The second-order valence-corrected chi connectivity index (χ2v) is 5.43. The molecule has 1 unspecified atom stereocenters. The summed E-state index contributed by atoms with van der Waals surface area (Å²) in [6.07, 6.45) is 0. The molecule has 7 heteroatoms. The van der Waals surface area contributed by atoms with Crippen molar-refractivity contribution >= 4 is 17.9 Å². The maximum atomic E-state index is 11.8. The number of carbonyl (C=O) groups excluding carboxylic acids is 1. The van der Waals surface area contributed by atoms with Crippen LogP contribution in [0, 0.1) is 0 Å². The molecule has 0 saturated carbocycles. The monoisotopic (exact) mass is 295 g/mol. The molecule has 114 valence electrons. The van der Waals surface area contributed by atoms with E-state index in [4.69, 9.17) is 20.7 Å². The normalized spacial score (nSPS) is 12.6. The topological polar surface area (TPSA) is 127 Å². The Bertz CT molecular complexity index is 588. The Balaban J connectivity index is 3.15. The minimum absolute atomic E-state index is 0.173. The number of carboxylic acid groups (broad SMARTS) is 2. The number of rotatable bonds is 4. The number of nitrogens with two attached hydrogens (primary N) is 1. The van der Waals surface area contributed by atoms with Gasteiger partial charge in [-0.3, -0.25) is 0 Å². The van der Waals surface area contributed by atoms with Gasteiger partial charge < -0.3 is 20.7 Å². The van der Waals surface area contributed by atoms with Crippen LogP contribution in [0.25, 0.3) is 0 Å². The van der Waals surface area contributed by atoms with Gasteiger partial charge in [0, 0.05) is 0 Å². The third-order valence-electron chi connectivity index (χ3n) is 2.52. The van der Waals surface area contributed by atoms with E-state index in [-0.39, 0.29) is 11.1 Å². The predicted molar refractivity (Wildman–Crippen MR) is 73.1 cm³/mol. The van der Waals surface area contributed by atoms with E-state index in [9.17, 15) is 14.4 Å². The fourth-order valence-corrected chi connectivity index (χ4v) is 1.62. The Morgan fingerprint density at radius 3 is 2.05 bits per heavy atom. The summed E-state index contributed by atoms with van der Waals surface area (Å²) >= 11 is 0. The molecule has 7 nitrogen and oxygen atoms in total. The quantitative estimate of drug-likeness (QED) is 0.717. The lowest BCUT2D eigenvalue weighted by Gasteiger charge is -2.22. The lowest BCUT2D eigenvalue weighted by molar-refractivity contribution is -0.156. The molecule has 1 atom stereocenters. The zero-order valence-corrected chi connectivity index (χ0v) is 11.9. The number of hydrogen-bond donors (Lipinski definition) is 3. The Labute approximate surface area is 121 Å². The SMILES string of the molecule is CC(C)(C)OC(=O)C(N)c1ccc(C(=O)O)c(C(=O)O)c1. The highest BCUT2D eigenvalue weighted by atomic mass is 16.6. The summed E-state index contributed by atoms with van der Waals surface area (Å²) in [5.41, 5.74) is 4.36. The number of carbonyl (C=O) groups is 3. The highest BCUT2D eigenvalue weighted by molar-refractivity contribution is 6.02. The molecule has 0 saturated heterocycles. The van der Waals surface area contributed by atoms with E-state index >= 15 is 0 Å². The molecule has 0 radical (unpaired) electrons. The molecule has 0 aliphatic heterocycles. The predicted octanol–water partition coefficient (Wildman–Crippen LogP) is 1.42. The van der Waals surface area contributed by atoms with E-state index in [1.807, 2.05) is 0 Å². The molecular weight excluding hydrogens is 278 g/mol. The van der Waals surface area contributed by atoms with Gasteiger partial charge in [0.1, 0.15) is 11.6 Å². The fourth-order valence-electron chi connectivity index (χ4n) is 1.62. The Morgan fingerprint density at radius 1 is 1.10 bits per heavy atom. The van der Waals surface area contributed by atoms with Gasteiger partial charge in [0.05, 0.1) is 11.1 Å². The molecule has 0 heterocycles. The van der Waals surface area contributed by atoms with E-state index < -0.39 is 35.1 Å². The van der Waals surface area contributed by atoms with Gasteiger partial charge in [-0.25, -0.2) is 14.4 Å². The van der Waals surface area contributed by atoms with Gasteiger partial charge in [0.25, 0.3) is 0 Å². The third kappa shape index (κ3) is 4.28. The average Bonchev–Trinajstić information content (AvgIpc) is 2.34. The standard InChI is InChI=1S/C14H17NO6/c1-14(2,3)21-13(20)10(15)7-4-5-8(11(16)17)9(6-7)12(18)19/h4-6,10H,15H2,1-3H3,(H,16,17)(H,18,19). The van der Waals surface area contributed by atoms with Crippen LogP contribution >= 0.6 is 0 Å². The van der Waals surface area contributed by atoms with E-state index in [2.05, 4.69) is 0 Å². The zero-order chi connectivity index (χ0) is 16.4. The van der Waals surface area contributed by atoms with Crippen LogP contribution in [-0.2, 0) is 9.53 Å². The lowest BCUT2D eigenvalue weighted by atomic mass is 9.99. The van der Waals surface area contributed by atoms with Gasteiger partial charge in [-0.05, 0) is 38.5 Å². The number of ether oxygens (including phenoxy) is 1. The minimum atomic E-state index is -1.41. The molecule has 21 heavy (non-hydrogen) atoms. The molecular formula is C14H17NO6. The molecule has 1 aromatic rings. The molecule has 0 bridgehead atoms. The second-order valence-electron chi connectivity index (χ2n) is 5.43. The van der Waals surface area contributed by atoms with Gasteiger partial charge >= 0.3 is 17.9 Å². The van der Waals surface area contributed by atoms with Crippen molar-refractivity contribution in [3.05, 3.63) is 34.9 Å². The molecule has 0 aliphatic carbocycles. The smallest absolute Gasteiger partial charge is 0.336 e. The van der Waals surface area contributed by atoms with Crippen molar-refractivity contribution < 1.29 is 29.3 Å². The van der Waals surface area contributed by atoms with E-state index in [0.717, 1.165) is 12.1 Å².